The molecule has 4 nitrogen and oxygen atoms in total. The van der Waals surface area contributed by atoms with E-state index in [1.165, 1.54) is 30.4 Å². The summed E-state index contributed by atoms with van der Waals surface area (Å²) in [5.74, 6) is 1.16. The third kappa shape index (κ3) is 2.67. The van der Waals surface area contributed by atoms with Crippen LogP contribution in [0.2, 0.25) is 0 Å². The molecule has 20 heavy (non-hydrogen) atoms. The number of aromatic nitrogens is 1. The Kier molecular flexibility index (Phi) is 4.22. The van der Waals surface area contributed by atoms with E-state index in [1.54, 1.807) is 0 Å². The highest BCUT2D eigenvalue weighted by atomic mass is 16.5. The number of anilines is 1. The Morgan fingerprint density at radius 2 is 2.35 bits per heavy atom. The lowest BCUT2D eigenvalue weighted by Crippen LogP contribution is -2.49. The van der Waals surface area contributed by atoms with E-state index in [9.17, 15) is 0 Å². The Labute approximate surface area is 121 Å². The normalized spacial score (nSPS) is 25.8. The summed E-state index contributed by atoms with van der Waals surface area (Å²) in [5, 5.41) is 3.35. The Hall–Kier alpha value is -1.13. The fourth-order valence-corrected chi connectivity index (χ4v) is 3.48. The largest absolute Gasteiger partial charge is 0.374 e. The van der Waals surface area contributed by atoms with Crippen LogP contribution >= 0.6 is 0 Å². The van der Waals surface area contributed by atoms with Crippen LogP contribution in [0.25, 0.3) is 0 Å². The molecule has 1 aliphatic heterocycles. The summed E-state index contributed by atoms with van der Waals surface area (Å²) in [4.78, 5) is 7.23. The van der Waals surface area contributed by atoms with Crippen LogP contribution in [0.15, 0.2) is 12.3 Å². The predicted molar refractivity (Wildman–Crippen MR) is 81.1 cm³/mol. The molecule has 1 N–H and O–H groups in total. The molecule has 4 heteroatoms. The average molecular weight is 275 g/mol. The van der Waals surface area contributed by atoms with Gasteiger partial charge in [0.1, 0.15) is 5.82 Å². The highest BCUT2D eigenvalue weighted by Crippen LogP contribution is 2.33. The molecule has 1 saturated heterocycles. The molecule has 2 unspecified atom stereocenters. The first-order valence-electron chi connectivity index (χ1n) is 7.84. The van der Waals surface area contributed by atoms with E-state index >= 15 is 0 Å². The first-order chi connectivity index (χ1) is 9.79. The molecular formula is C16H25N3O. The molecule has 0 amide bonds. The minimum atomic E-state index is 0.423. The number of aryl methyl sites for hydroxylation is 1. The fourth-order valence-electron chi connectivity index (χ4n) is 3.48. The van der Waals surface area contributed by atoms with E-state index in [4.69, 9.17) is 9.72 Å². The smallest absolute Gasteiger partial charge is 0.131 e. The van der Waals surface area contributed by atoms with Gasteiger partial charge in [-0.15, -0.1) is 0 Å². The molecule has 1 aromatic rings. The second kappa shape index (κ2) is 6.10. The lowest BCUT2D eigenvalue weighted by molar-refractivity contribution is 0.0253. The number of rotatable bonds is 4. The Morgan fingerprint density at radius 1 is 1.45 bits per heavy atom. The summed E-state index contributed by atoms with van der Waals surface area (Å²) >= 11 is 0. The summed E-state index contributed by atoms with van der Waals surface area (Å²) < 4.78 is 5.89. The lowest BCUT2D eigenvalue weighted by atomic mass is 10.1. The number of fused-ring (bicyclic) bond motifs is 1. The molecule has 2 fully saturated rings. The van der Waals surface area contributed by atoms with Gasteiger partial charge < -0.3 is 15.0 Å². The molecule has 0 spiro atoms. The third-order valence-electron chi connectivity index (χ3n) is 4.44. The monoisotopic (exact) mass is 275 g/mol. The quantitative estimate of drug-likeness (QED) is 0.914. The second-order valence-corrected chi connectivity index (χ2v) is 5.87. The average Bonchev–Trinajstić information content (AvgIpc) is 2.94. The third-order valence-corrected chi connectivity index (χ3v) is 4.44. The zero-order valence-corrected chi connectivity index (χ0v) is 12.6. The van der Waals surface area contributed by atoms with Gasteiger partial charge in [0, 0.05) is 19.3 Å². The number of hydrogen-bond acceptors (Lipinski definition) is 4. The second-order valence-electron chi connectivity index (χ2n) is 5.87. The number of hydrogen-bond donors (Lipinski definition) is 1. The Bertz CT molecular complexity index is 463. The maximum absolute atomic E-state index is 5.89. The van der Waals surface area contributed by atoms with Gasteiger partial charge in [0.2, 0.25) is 0 Å². The van der Waals surface area contributed by atoms with Crippen molar-refractivity contribution in [3.05, 3.63) is 23.4 Å². The molecule has 2 heterocycles. The van der Waals surface area contributed by atoms with Crippen molar-refractivity contribution in [3.8, 4) is 0 Å². The maximum atomic E-state index is 5.89. The number of ether oxygens (including phenoxy) is 1. The molecular weight excluding hydrogens is 250 g/mol. The highest BCUT2D eigenvalue weighted by Gasteiger charge is 2.37. The predicted octanol–water partition coefficient (Wildman–Crippen LogP) is 2.26. The lowest BCUT2D eigenvalue weighted by Gasteiger charge is -2.39. The molecule has 2 atom stereocenters. The summed E-state index contributed by atoms with van der Waals surface area (Å²) in [7, 11) is 0. The molecule has 0 radical (unpaired) electrons. The van der Waals surface area contributed by atoms with Crippen molar-refractivity contribution in [2.45, 2.75) is 51.8 Å². The summed E-state index contributed by atoms with van der Waals surface area (Å²) in [6.07, 6.45) is 6.17. The van der Waals surface area contributed by atoms with E-state index < -0.39 is 0 Å². The molecule has 2 aliphatic rings. The van der Waals surface area contributed by atoms with Crippen LogP contribution in [-0.2, 0) is 11.3 Å². The molecule has 0 aromatic carbocycles. The topological polar surface area (TPSA) is 37.4 Å². The van der Waals surface area contributed by atoms with Gasteiger partial charge in [-0.2, -0.15) is 0 Å². The summed E-state index contributed by atoms with van der Waals surface area (Å²) in [6.45, 7) is 8.01. The van der Waals surface area contributed by atoms with Crippen molar-refractivity contribution in [2.75, 3.05) is 24.6 Å². The van der Waals surface area contributed by atoms with Gasteiger partial charge >= 0.3 is 0 Å². The van der Waals surface area contributed by atoms with E-state index in [0.717, 1.165) is 32.1 Å². The number of nitrogens with zero attached hydrogens (tertiary/aromatic N) is 2. The van der Waals surface area contributed by atoms with E-state index in [0.29, 0.717) is 12.1 Å². The van der Waals surface area contributed by atoms with Gasteiger partial charge in [-0.25, -0.2) is 4.98 Å². The Morgan fingerprint density at radius 3 is 3.15 bits per heavy atom. The van der Waals surface area contributed by atoms with Crippen molar-refractivity contribution in [1.29, 1.82) is 0 Å². The van der Waals surface area contributed by atoms with Gasteiger partial charge in [-0.3, -0.25) is 0 Å². The first kappa shape index (κ1) is 13.8. The first-order valence-corrected chi connectivity index (χ1v) is 7.84. The SMILES string of the molecule is CCNCc1cnc(N2CCOC3CCCC32)c(C)c1. The van der Waals surface area contributed by atoms with Gasteiger partial charge in [-0.05, 0) is 49.9 Å². The van der Waals surface area contributed by atoms with Crippen LogP contribution < -0.4 is 10.2 Å². The van der Waals surface area contributed by atoms with E-state index in [2.05, 4.69) is 30.1 Å². The zero-order chi connectivity index (χ0) is 13.9. The molecule has 3 rings (SSSR count). The van der Waals surface area contributed by atoms with Gasteiger partial charge in [0.25, 0.3) is 0 Å². The Balaban J connectivity index is 1.79. The minimum Gasteiger partial charge on any atom is -0.374 e. The molecule has 0 bridgehead atoms. The summed E-state index contributed by atoms with van der Waals surface area (Å²) in [5.41, 5.74) is 2.55. The summed E-state index contributed by atoms with van der Waals surface area (Å²) in [6, 6.07) is 2.80. The van der Waals surface area contributed by atoms with Gasteiger partial charge in [-0.1, -0.05) is 6.92 Å². The van der Waals surface area contributed by atoms with Gasteiger partial charge in [0.05, 0.1) is 18.8 Å². The van der Waals surface area contributed by atoms with Crippen molar-refractivity contribution >= 4 is 5.82 Å². The number of pyridine rings is 1. The van der Waals surface area contributed by atoms with Crippen LogP contribution in [0.3, 0.4) is 0 Å². The minimum absolute atomic E-state index is 0.423. The number of morpholine rings is 1. The van der Waals surface area contributed by atoms with Crippen molar-refractivity contribution in [2.24, 2.45) is 0 Å². The maximum Gasteiger partial charge on any atom is 0.131 e. The van der Waals surface area contributed by atoms with Crippen LogP contribution in [-0.4, -0.2) is 36.8 Å². The standard InChI is InChI=1S/C16H25N3O/c1-3-17-10-13-9-12(2)16(18-11-13)19-7-8-20-15-6-4-5-14(15)19/h9,11,14-15,17H,3-8,10H2,1-2H3. The molecule has 1 aromatic heterocycles. The number of nitrogens with one attached hydrogen (secondary N) is 1. The molecule has 1 saturated carbocycles. The van der Waals surface area contributed by atoms with Crippen molar-refractivity contribution < 1.29 is 4.74 Å². The van der Waals surface area contributed by atoms with Crippen molar-refractivity contribution in [1.82, 2.24) is 10.3 Å². The van der Waals surface area contributed by atoms with E-state index in [1.807, 2.05) is 6.20 Å². The molecule has 110 valence electrons. The van der Waals surface area contributed by atoms with E-state index in [-0.39, 0.29) is 0 Å². The zero-order valence-electron chi connectivity index (χ0n) is 12.6. The van der Waals surface area contributed by atoms with Crippen LogP contribution in [0.5, 0.6) is 0 Å². The van der Waals surface area contributed by atoms with Gasteiger partial charge in [0.15, 0.2) is 0 Å². The van der Waals surface area contributed by atoms with Crippen LogP contribution in [0.1, 0.15) is 37.3 Å². The molecule has 1 aliphatic carbocycles. The highest BCUT2D eigenvalue weighted by molar-refractivity contribution is 5.49. The fraction of sp³-hybridized carbons (Fsp3) is 0.688. The van der Waals surface area contributed by atoms with Crippen molar-refractivity contribution in [3.63, 3.8) is 0 Å². The van der Waals surface area contributed by atoms with Crippen LogP contribution in [0, 0.1) is 6.92 Å². The van der Waals surface area contributed by atoms with Crippen LogP contribution in [0.4, 0.5) is 5.82 Å².